The van der Waals surface area contributed by atoms with Crippen LogP contribution in [0.2, 0.25) is 5.02 Å². The van der Waals surface area contributed by atoms with Gasteiger partial charge in [0.1, 0.15) is 0 Å². The summed E-state index contributed by atoms with van der Waals surface area (Å²) >= 11 is 5.76. The van der Waals surface area contributed by atoms with E-state index < -0.39 is 0 Å². The Balaban J connectivity index is 1.99. The van der Waals surface area contributed by atoms with Crippen LogP contribution in [0, 0.1) is 0 Å². The zero-order valence-corrected chi connectivity index (χ0v) is 11.3. The summed E-state index contributed by atoms with van der Waals surface area (Å²) in [5, 5.41) is 4.54. The molecule has 0 saturated heterocycles. The molecule has 0 atom stereocenters. The SMILES string of the molecule is CCn1cccc1/C=N\NC(=O)c1ccc(Cl)cc1. The van der Waals surface area contributed by atoms with Gasteiger partial charge in [-0.15, -0.1) is 0 Å². The van der Waals surface area contributed by atoms with Crippen LogP contribution in [0.3, 0.4) is 0 Å². The third-order valence-corrected chi connectivity index (χ3v) is 2.93. The third kappa shape index (κ3) is 3.45. The highest BCUT2D eigenvalue weighted by Gasteiger charge is 2.03. The first-order valence-corrected chi connectivity index (χ1v) is 6.32. The van der Waals surface area contributed by atoms with E-state index in [1.165, 1.54) is 0 Å². The van der Waals surface area contributed by atoms with Gasteiger partial charge in [-0.25, -0.2) is 5.43 Å². The molecule has 0 fully saturated rings. The zero-order chi connectivity index (χ0) is 13.7. The molecule has 98 valence electrons. The van der Waals surface area contributed by atoms with Crippen molar-refractivity contribution in [3.05, 3.63) is 58.9 Å². The standard InChI is InChI=1S/C14H14ClN3O/c1-2-18-9-3-4-13(18)10-16-17-14(19)11-5-7-12(15)8-6-11/h3-10H,2H2,1H3,(H,17,19)/b16-10-. The molecule has 0 aliphatic carbocycles. The molecule has 19 heavy (non-hydrogen) atoms. The van der Waals surface area contributed by atoms with E-state index >= 15 is 0 Å². The molecule has 0 unspecified atom stereocenters. The molecule has 0 spiro atoms. The monoisotopic (exact) mass is 275 g/mol. The largest absolute Gasteiger partial charge is 0.347 e. The van der Waals surface area contributed by atoms with Gasteiger partial charge in [0.05, 0.1) is 11.9 Å². The predicted octanol–water partition coefficient (Wildman–Crippen LogP) is 2.93. The quantitative estimate of drug-likeness (QED) is 0.677. The first kappa shape index (κ1) is 13.4. The van der Waals surface area contributed by atoms with Crippen LogP contribution >= 0.6 is 11.6 Å². The molecule has 5 heteroatoms. The number of amides is 1. The number of carbonyl (C=O) groups is 1. The van der Waals surface area contributed by atoms with Gasteiger partial charge < -0.3 is 4.57 Å². The van der Waals surface area contributed by atoms with Gasteiger partial charge in [-0.1, -0.05) is 11.6 Å². The molecular weight excluding hydrogens is 262 g/mol. The number of aromatic nitrogens is 1. The molecular formula is C14H14ClN3O. The van der Waals surface area contributed by atoms with Gasteiger partial charge in [0.25, 0.3) is 5.91 Å². The van der Waals surface area contributed by atoms with Crippen molar-refractivity contribution >= 4 is 23.7 Å². The van der Waals surface area contributed by atoms with E-state index in [1.54, 1.807) is 30.5 Å². The molecule has 0 bridgehead atoms. The minimum atomic E-state index is -0.262. The van der Waals surface area contributed by atoms with Gasteiger partial charge >= 0.3 is 0 Å². The van der Waals surface area contributed by atoms with Crippen LogP contribution in [0.1, 0.15) is 23.0 Å². The average Bonchev–Trinajstić information content (AvgIpc) is 2.87. The summed E-state index contributed by atoms with van der Waals surface area (Å²) in [6.45, 7) is 2.91. The summed E-state index contributed by atoms with van der Waals surface area (Å²) in [5.74, 6) is -0.262. The first-order chi connectivity index (χ1) is 9.20. The summed E-state index contributed by atoms with van der Waals surface area (Å²) in [6, 6.07) is 10.5. The van der Waals surface area contributed by atoms with Gasteiger partial charge in [-0.2, -0.15) is 5.10 Å². The van der Waals surface area contributed by atoms with E-state index in [-0.39, 0.29) is 5.91 Å². The van der Waals surface area contributed by atoms with Gasteiger partial charge in [-0.3, -0.25) is 4.79 Å². The molecule has 4 nitrogen and oxygen atoms in total. The number of nitrogens with one attached hydrogen (secondary N) is 1. The summed E-state index contributed by atoms with van der Waals surface area (Å²) < 4.78 is 2.03. The fraction of sp³-hybridized carbons (Fsp3) is 0.143. The normalized spacial score (nSPS) is 10.8. The second kappa shape index (κ2) is 6.20. The average molecular weight is 276 g/mol. The lowest BCUT2D eigenvalue weighted by atomic mass is 10.2. The maximum Gasteiger partial charge on any atom is 0.271 e. The van der Waals surface area contributed by atoms with Gasteiger partial charge in [0.15, 0.2) is 0 Å². The fourth-order valence-corrected chi connectivity index (χ4v) is 1.78. The lowest BCUT2D eigenvalue weighted by molar-refractivity contribution is 0.0955. The second-order valence-corrected chi connectivity index (χ2v) is 4.36. The molecule has 0 saturated carbocycles. The van der Waals surface area contributed by atoms with E-state index in [4.69, 9.17) is 11.6 Å². The highest BCUT2D eigenvalue weighted by atomic mass is 35.5. The molecule has 1 amide bonds. The van der Waals surface area contributed by atoms with Crippen molar-refractivity contribution < 1.29 is 4.79 Å². The van der Waals surface area contributed by atoms with E-state index in [0.29, 0.717) is 10.6 Å². The summed E-state index contributed by atoms with van der Waals surface area (Å²) in [5.41, 5.74) is 3.95. The van der Waals surface area contributed by atoms with Crippen LogP contribution in [0.25, 0.3) is 0 Å². The number of rotatable bonds is 4. The van der Waals surface area contributed by atoms with Crippen LogP contribution < -0.4 is 5.43 Å². The lowest BCUT2D eigenvalue weighted by Crippen LogP contribution is -2.17. The summed E-state index contributed by atoms with van der Waals surface area (Å²) in [7, 11) is 0. The lowest BCUT2D eigenvalue weighted by Gasteiger charge is -2.01. The van der Waals surface area contributed by atoms with Crippen LogP contribution in [-0.2, 0) is 6.54 Å². The number of hydrogen-bond donors (Lipinski definition) is 1. The van der Waals surface area contributed by atoms with E-state index in [1.807, 2.05) is 29.8 Å². The van der Waals surface area contributed by atoms with Gasteiger partial charge in [-0.05, 0) is 43.3 Å². The van der Waals surface area contributed by atoms with Crippen LogP contribution in [0.5, 0.6) is 0 Å². The Labute approximate surface area is 116 Å². The molecule has 0 aliphatic heterocycles. The van der Waals surface area contributed by atoms with Crippen molar-refractivity contribution in [1.82, 2.24) is 9.99 Å². The maximum absolute atomic E-state index is 11.8. The molecule has 0 radical (unpaired) electrons. The summed E-state index contributed by atoms with van der Waals surface area (Å²) in [4.78, 5) is 11.8. The smallest absolute Gasteiger partial charge is 0.271 e. The van der Waals surface area contributed by atoms with Crippen LogP contribution in [0.15, 0.2) is 47.7 Å². The highest BCUT2D eigenvalue weighted by Crippen LogP contribution is 2.09. The molecule has 1 aromatic carbocycles. The number of benzene rings is 1. The van der Waals surface area contributed by atoms with Crippen molar-refractivity contribution in [2.45, 2.75) is 13.5 Å². The fourth-order valence-electron chi connectivity index (χ4n) is 1.66. The molecule has 2 aromatic rings. The van der Waals surface area contributed by atoms with Gasteiger partial charge in [0, 0.05) is 23.3 Å². The van der Waals surface area contributed by atoms with Crippen molar-refractivity contribution in [3.63, 3.8) is 0 Å². The Bertz CT molecular complexity index is 587. The second-order valence-electron chi connectivity index (χ2n) is 3.93. The topological polar surface area (TPSA) is 46.4 Å². The number of carbonyl (C=O) groups excluding carboxylic acids is 1. The van der Waals surface area contributed by atoms with E-state index in [2.05, 4.69) is 10.5 Å². The van der Waals surface area contributed by atoms with Crippen molar-refractivity contribution in [2.75, 3.05) is 0 Å². The number of aryl methyl sites for hydroxylation is 1. The van der Waals surface area contributed by atoms with Crippen molar-refractivity contribution in [3.8, 4) is 0 Å². The number of hydrogen-bond acceptors (Lipinski definition) is 2. The number of nitrogens with zero attached hydrogens (tertiary/aromatic N) is 2. The molecule has 0 aliphatic rings. The third-order valence-electron chi connectivity index (χ3n) is 2.67. The Morgan fingerprint density at radius 2 is 2.11 bits per heavy atom. The molecule has 1 heterocycles. The molecule has 1 N–H and O–H groups in total. The van der Waals surface area contributed by atoms with E-state index in [9.17, 15) is 4.79 Å². The first-order valence-electron chi connectivity index (χ1n) is 5.95. The Hall–Kier alpha value is -2.07. The maximum atomic E-state index is 11.8. The Morgan fingerprint density at radius 3 is 2.79 bits per heavy atom. The van der Waals surface area contributed by atoms with Gasteiger partial charge in [0.2, 0.25) is 0 Å². The highest BCUT2D eigenvalue weighted by molar-refractivity contribution is 6.30. The van der Waals surface area contributed by atoms with E-state index in [0.717, 1.165) is 12.2 Å². The Morgan fingerprint density at radius 1 is 1.37 bits per heavy atom. The van der Waals surface area contributed by atoms with Crippen LogP contribution in [0.4, 0.5) is 0 Å². The molecule has 1 aromatic heterocycles. The molecule has 2 rings (SSSR count). The summed E-state index contributed by atoms with van der Waals surface area (Å²) in [6.07, 6.45) is 3.58. The number of halogens is 1. The predicted molar refractivity (Wildman–Crippen MR) is 76.6 cm³/mol. The van der Waals surface area contributed by atoms with Crippen LogP contribution in [-0.4, -0.2) is 16.7 Å². The minimum absolute atomic E-state index is 0.262. The van der Waals surface area contributed by atoms with Crippen molar-refractivity contribution in [1.29, 1.82) is 0 Å². The van der Waals surface area contributed by atoms with Crippen molar-refractivity contribution in [2.24, 2.45) is 5.10 Å². The Kier molecular flexibility index (Phi) is 4.36. The zero-order valence-electron chi connectivity index (χ0n) is 10.5. The number of hydrazone groups is 1. The minimum Gasteiger partial charge on any atom is -0.347 e.